The zero-order valence-electron chi connectivity index (χ0n) is 17.6. The lowest BCUT2D eigenvalue weighted by atomic mass is 10.0. The van der Waals surface area contributed by atoms with Crippen molar-refractivity contribution in [2.45, 2.75) is 16.4 Å². The minimum atomic E-state index is -1.30. The van der Waals surface area contributed by atoms with Gasteiger partial charge in [0.05, 0.1) is 0 Å². The minimum absolute atomic E-state index is 0.0256. The van der Waals surface area contributed by atoms with E-state index < -0.39 is 40.5 Å². The summed E-state index contributed by atoms with van der Waals surface area (Å²) >= 11 is 10.5. The summed E-state index contributed by atoms with van der Waals surface area (Å²) < 4.78 is 0.0256. The van der Waals surface area contributed by atoms with Gasteiger partial charge in [-0.3, -0.25) is 24.3 Å². The lowest BCUT2D eigenvalue weighted by Crippen LogP contribution is -2.71. The Hall–Kier alpha value is -2.93. The van der Waals surface area contributed by atoms with E-state index in [2.05, 4.69) is 25.4 Å². The number of hydrogen-bond acceptors (Lipinski definition) is 14. The molecule has 0 radical (unpaired) electrons. The number of carbonyl (C=O) groups is 3. The third kappa shape index (κ3) is 5.12. The van der Waals surface area contributed by atoms with Crippen molar-refractivity contribution in [2.75, 3.05) is 22.3 Å². The van der Waals surface area contributed by atoms with Crippen molar-refractivity contribution in [3.8, 4) is 0 Å². The average Bonchev–Trinajstić information content (AvgIpc) is 3.14. The van der Waals surface area contributed by atoms with Gasteiger partial charge < -0.3 is 27.1 Å². The zero-order chi connectivity index (χ0) is 26.1. The maximum atomic E-state index is 12.8. The standard InChI is InChI=1S/C17H15ClN8O6S4/c18-11-7(24-17(20)36-11)8(25-32)12(28)23-9-13(29)26-10(15(30)31)4(2-33-14(9)26)34-3-35-6-1-5(27)21-16(19)22-6/h1,9,14,32H,2-3H2,(H2,20,24)(H,23,28)(H,30,31)(H3,19,21,22,27)/b25-8-. The van der Waals surface area contributed by atoms with E-state index in [1.807, 2.05) is 0 Å². The molecule has 2 unspecified atom stereocenters. The van der Waals surface area contributed by atoms with Gasteiger partial charge in [-0.1, -0.05) is 39.9 Å². The van der Waals surface area contributed by atoms with Gasteiger partial charge in [-0.25, -0.2) is 14.8 Å². The van der Waals surface area contributed by atoms with Crippen LogP contribution in [-0.4, -0.2) is 75.9 Å². The van der Waals surface area contributed by atoms with Crippen molar-refractivity contribution in [1.82, 2.24) is 25.2 Å². The smallest absolute Gasteiger partial charge is 0.353 e. The van der Waals surface area contributed by atoms with Crippen LogP contribution in [0.15, 0.2) is 31.6 Å². The van der Waals surface area contributed by atoms with Crippen molar-refractivity contribution in [2.24, 2.45) is 5.16 Å². The van der Waals surface area contributed by atoms with Crippen molar-refractivity contribution < 1.29 is 24.7 Å². The number of carbonyl (C=O) groups excluding carboxylic acids is 2. The summed E-state index contributed by atoms with van der Waals surface area (Å²) in [6.07, 6.45) is 0. The van der Waals surface area contributed by atoms with Gasteiger partial charge in [-0.2, -0.15) is 0 Å². The number of halogens is 1. The van der Waals surface area contributed by atoms with Crippen LogP contribution in [0.5, 0.6) is 0 Å². The van der Waals surface area contributed by atoms with Crippen LogP contribution in [0.25, 0.3) is 0 Å². The van der Waals surface area contributed by atoms with E-state index in [0.717, 1.165) is 16.2 Å². The molecule has 36 heavy (non-hydrogen) atoms. The molecule has 1 fully saturated rings. The molecule has 2 amide bonds. The van der Waals surface area contributed by atoms with Crippen LogP contribution < -0.4 is 22.3 Å². The molecule has 190 valence electrons. The maximum Gasteiger partial charge on any atom is 0.353 e. The topological polar surface area (TPSA) is 230 Å². The number of rotatable bonds is 8. The van der Waals surface area contributed by atoms with Gasteiger partial charge in [0.1, 0.15) is 32.2 Å². The number of nitrogen functional groups attached to an aromatic ring is 2. The highest BCUT2D eigenvalue weighted by Crippen LogP contribution is 2.44. The molecule has 14 nitrogen and oxygen atoms in total. The number of amides is 2. The van der Waals surface area contributed by atoms with E-state index in [0.29, 0.717) is 15.0 Å². The first-order valence-electron chi connectivity index (χ1n) is 9.59. The van der Waals surface area contributed by atoms with Crippen LogP contribution in [0, 0.1) is 0 Å². The van der Waals surface area contributed by atoms with E-state index in [9.17, 15) is 29.5 Å². The summed E-state index contributed by atoms with van der Waals surface area (Å²) in [5.41, 5.74) is 9.81. The second-order valence-electron chi connectivity index (χ2n) is 6.94. The fourth-order valence-corrected chi connectivity index (χ4v) is 7.89. The number of H-pyrrole nitrogens is 1. The minimum Gasteiger partial charge on any atom is -0.477 e. The van der Waals surface area contributed by atoms with Crippen LogP contribution >= 0.6 is 58.2 Å². The van der Waals surface area contributed by atoms with Gasteiger partial charge in [-0.05, 0) is 0 Å². The van der Waals surface area contributed by atoms with Crippen molar-refractivity contribution in [1.29, 1.82) is 0 Å². The quantitative estimate of drug-likeness (QED) is 0.0465. The van der Waals surface area contributed by atoms with Crippen molar-refractivity contribution in [3.63, 3.8) is 0 Å². The molecule has 4 rings (SSSR count). The third-order valence-electron chi connectivity index (χ3n) is 4.74. The maximum absolute atomic E-state index is 12.8. The normalized spacial score (nSPS) is 19.6. The molecule has 2 atom stereocenters. The first-order chi connectivity index (χ1) is 17.1. The average molecular weight is 591 g/mol. The van der Waals surface area contributed by atoms with Crippen LogP contribution in [-0.2, 0) is 14.4 Å². The Morgan fingerprint density at radius 1 is 1.33 bits per heavy atom. The predicted octanol–water partition coefficient (Wildman–Crippen LogP) is 0.402. The Morgan fingerprint density at radius 2 is 2.08 bits per heavy atom. The summed E-state index contributed by atoms with van der Waals surface area (Å²) in [6.45, 7) is 0. The number of carboxylic acid groups (broad SMARTS) is 1. The molecule has 0 bridgehead atoms. The number of aliphatic carboxylic acids is 1. The number of nitrogens with zero attached hydrogens (tertiary/aromatic N) is 4. The van der Waals surface area contributed by atoms with Gasteiger partial charge in [0.25, 0.3) is 17.4 Å². The molecular weight excluding hydrogens is 576 g/mol. The molecule has 8 N–H and O–H groups in total. The molecule has 0 spiro atoms. The number of anilines is 2. The molecule has 0 aliphatic carbocycles. The van der Waals surface area contributed by atoms with E-state index in [4.69, 9.17) is 23.1 Å². The van der Waals surface area contributed by atoms with Gasteiger partial charge >= 0.3 is 5.97 Å². The number of nitrogens with one attached hydrogen (secondary N) is 2. The number of hydrogen-bond donors (Lipinski definition) is 6. The summed E-state index contributed by atoms with van der Waals surface area (Å²) in [5, 5.41) is 24.5. The highest BCUT2D eigenvalue weighted by atomic mass is 35.5. The molecule has 0 saturated carbocycles. The number of β-lactam (4-membered cyclic amide) rings is 1. The Balaban J connectivity index is 1.45. The molecular formula is C17H15ClN8O6S4. The molecule has 2 aliphatic rings. The lowest BCUT2D eigenvalue weighted by Gasteiger charge is -2.49. The number of thiazole rings is 1. The Bertz CT molecular complexity index is 1380. The van der Waals surface area contributed by atoms with Gasteiger partial charge in [0.15, 0.2) is 10.8 Å². The van der Waals surface area contributed by atoms with E-state index in [1.54, 1.807) is 0 Å². The van der Waals surface area contributed by atoms with Crippen LogP contribution in [0.3, 0.4) is 0 Å². The largest absolute Gasteiger partial charge is 0.477 e. The molecule has 19 heteroatoms. The monoisotopic (exact) mass is 590 g/mol. The number of oxime groups is 1. The molecule has 2 aromatic heterocycles. The summed E-state index contributed by atoms with van der Waals surface area (Å²) in [7, 11) is 0. The van der Waals surface area contributed by atoms with E-state index in [-0.39, 0.29) is 32.6 Å². The predicted molar refractivity (Wildman–Crippen MR) is 137 cm³/mol. The number of carboxylic acids is 1. The zero-order valence-corrected chi connectivity index (χ0v) is 21.7. The summed E-state index contributed by atoms with van der Waals surface area (Å²) in [5.74, 6) is -2.65. The number of thioether (sulfide) groups is 3. The highest BCUT2D eigenvalue weighted by molar-refractivity contribution is 8.18. The Morgan fingerprint density at radius 3 is 2.69 bits per heavy atom. The highest BCUT2D eigenvalue weighted by Gasteiger charge is 2.54. The van der Waals surface area contributed by atoms with E-state index in [1.165, 1.54) is 41.4 Å². The Labute approximate surface area is 222 Å². The number of nitrogens with two attached hydrogens (primary N) is 2. The molecule has 1 saturated heterocycles. The number of aromatic nitrogens is 3. The van der Waals surface area contributed by atoms with Crippen molar-refractivity contribution in [3.05, 3.63) is 37.1 Å². The van der Waals surface area contributed by atoms with Gasteiger partial charge in [0.2, 0.25) is 5.95 Å². The SMILES string of the molecule is Nc1nc(SCSC2=C(C(=O)O)N3C(=O)C(NC(=O)/C(=N\O)c4nc(N)sc4Cl)C3SC2)cc(=O)[nH]1. The van der Waals surface area contributed by atoms with Gasteiger partial charge in [-0.15, -0.1) is 23.5 Å². The number of fused-ring (bicyclic) bond motifs is 1. The first-order valence-corrected chi connectivity index (χ1v) is 13.8. The second kappa shape index (κ2) is 10.6. The van der Waals surface area contributed by atoms with Crippen LogP contribution in [0.4, 0.5) is 11.1 Å². The lowest BCUT2D eigenvalue weighted by molar-refractivity contribution is -0.150. The second-order valence-corrected chi connectivity index (χ2v) is 12.1. The summed E-state index contributed by atoms with van der Waals surface area (Å²) in [6, 6.07) is 0.204. The molecule has 4 heterocycles. The molecule has 2 aliphatic heterocycles. The van der Waals surface area contributed by atoms with E-state index >= 15 is 0 Å². The third-order valence-corrected chi connectivity index (χ3v) is 9.42. The van der Waals surface area contributed by atoms with Crippen LogP contribution in [0.2, 0.25) is 4.34 Å². The fourth-order valence-electron chi connectivity index (χ4n) is 3.26. The first kappa shape index (κ1) is 26.1. The van der Waals surface area contributed by atoms with Crippen LogP contribution in [0.1, 0.15) is 5.69 Å². The Kier molecular flexibility index (Phi) is 7.69. The molecule has 2 aromatic rings. The fraction of sp³-hybridized carbons (Fsp3) is 0.235. The summed E-state index contributed by atoms with van der Waals surface area (Å²) in [4.78, 5) is 60.7. The number of aromatic amines is 1. The van der Waals surface area contributed by atoms with Gasteiger partial charge in [0, 0.05) is 21.8 Å². The van der Waals surface area contributed by atoms with Crippen molar-refractivity contribution >= 4 is 92.8 Å². The molecule has 0 aromatic carbocycles.